The molecule has 0 heterocycles. The largest absolute Gasteiger partial charge is 0.309 e. The highest BCUT2D eigenvalue weighted by Crippen LogP contribution is 2.16. The minimum atomic E-state index is 0.415. The van der Waals surface area contributed by atoms with Crippen LogP contribution in [0.4, 0.5) is 0 Å². The second kappa shape index (κ2) is 7.85. The summed E-state index contributed by atoms with van der Waals surface area (Å²) in [6.45, 7) is 11.1. The van der Waals surface area contributed by atoms with Gasteiger partial charge < -0.3 is 10.2 Å². The molecule has 0 aromatic heterocycles. The van der Waals surface area contributed by atoms with E-state index in [4.69, 9.17) is 0 Å². The van der Waals surface area contributed by atoms with E-state index in [9.17, 15) is 0 Å². The zero-order valence-electron chi connectivity index (χ0n) is 11.0. The van der Waals surface area contributed by atoms with Crippen molar-refractivity contribution in [2.24, 2.45) is 0 Å². The summed E-state index contributed by atoms with van der Waals surface area (Å²) < 4.78 is 1.14. The average Bonchev–Trinajstić information content (AvgIpc) is 2.35. The van der Waals surface area contributed by atoms with Crippen molar-refractivity contribution in [1.29, 1.82) is 0 Å². The molecule has 0 amide bonds. The van der Waals surface area contributed by atoms with Crippen LogP contribution in [0.25, 0.3) is 0 Å². The second-order valence-corrected chi connectivity index (χ2v) is 5.17. The lowest BCUT2D eigenvalue weighted by molar-refractivity contribution is 0.298. The van der Waals surface area contributed by atoms with Gasteiger partial charge in [0.25, 0.3) is 0 Å². The standard InChI is InChI=1S/C14H23BrN2/c1-4-17(5-2)11-10-16-12(3)13-6-8-14(15)9-7-13/h6-9,12,16H,4-5,10-11H2,1-3H3/t12-/m1/s1. The predicted molar refractivity (Wildman–Crippen MR) is 78.3 cm³/mol. The molecule has 1 atom stereocenters. The van der Waals surface area contributed by atoms with Crippen molar-refractivity contribution >= 4 is 15.9 Å². The number of hydrogen-bond acceptors (Lipinski definition) is 2. The highest BCUT2D eigenvalue weighted by atomic mass is 79.9. The molecule has 1 rings (SSSR count). The molecule has 1 aromatic carbocycles. The van der Waals surface area contributed by atoms with E-state index >= 15 is 0 Å². The van der Waals surface area contributed by atoms with E-state index in [1.807, 2.05) is 0 Å². The Hall–Kier alpha value is -0.380. The summed E-state index contributed by atoms with van der Waals surface area (Å²) in [6.07, 6.45) is 0. The van der Waals surface area contributed by atoms with E-state index in [0.717, 1.165) is 30.7 Å². The summed E-state index contributed by atoms with van der Waals surface area (Å²) in [5.74, 6) is 0. The van der Waals surface area contributed by atoms with Crippen LogP contribution in [-0.4, -0.2) is 31.1 Å². The quantitative estimate of drug-likeness (QED) is 0.829. The molecular formula is C14H23BrN2. The van der Waals surface area contributed by atoms with Crippen molar-refractivity contribution in [3.8, 4) is 0 Å². The topological polar surface area (TPSA) is 15.3 Å². The van der Waals surface area contributed by atoms with Gasteiger partial charge in [-0.2, -0.15) is 0 Å². The lowest BCUT2D eigenvalue weighted by atomic mass is 10.1. The van der Waals surface area contributed by atoms with Crippen LogP contribution in [0.15, 0.2) is 28.7 Å². The van der Waals surface area contributed by atoms with Gasteiger partial charge in [-0.15, -0.1) is 0 Å². The van der Waals surface area contributed by atoms with Gasteiger partial charge >= 0.3 is 0 Å². The second-order valence-electron chi connectivity index (χ2n) is 4.25. The van der Waals surface area contributed by atoms with E-state index in [1.54, 1.807) is 0 Å². The zero-order valence-corrected chi connectivity index (χ0v) is 12.6. The SMILES string of the molecule is CCN(CC)CCN[C@H](C)c1ccc(Br)cc1. The molecule has 0 aliphatic heterocycles. The fourth-order valence-electron chi connectivity index (χ4n) is 1.85. The van der Waals surface area contributed by atoms with Gasteiger partial charge in [0.05, 0.1) is 0 Å². The van der Waals surface area contributed by atoms with E-state index in [0.29, 0.717) is 6.04 Å². The maximum atomic E-state index is 3.56. The molecular weight excluding hydrogens is 276 g/mol. The molecule has 0 bridgehead atoms. The van der Waals surface area contributed by atoms with Gasteiger partial charge in [0.1, 0.15) is 0 Å². The Morgan fingerprint density at radius 1 is 1.18 bits per heavy atom. The van der Waals surface area contributed by atoms with Crippen molar-refractivity contribution in [3.63, 3.8) is 0 Å². The third-order valence-electron chi connectivity index (χ3n) is 3.14. The number of rotatable bonds is 7. The maximum absolute atomic E-state index is 3.56. The van der Waals surface area contributed by atoms with Gasteiger partial charge in [-0.25, -0.2) is 0 Å². The Morgan fingerprint density at radius 3 is 2.29 bits per heavy atom. The van der Waals surface area contributed by atoms with Crippen LogP contribution in [0.1, 0.15) is 32.4 Å². The molecule has 0 saturated heterocycles. The fourth-order valence-corrected chi connectivity index (χ4v) is 2.11. The van der Waals surface area contributed by atoms with Crippen molar-refractivity contribution in [3.05, 3.63) is 34.3 Å². The first-order chi connectivity index (χ1) is 8.17. The van der Waals surface area contributed by atoms with Gasteiger partial charge in [-0.1, -0.05) is 41.9 Å². The lowest BCUT2D eigenvalue weighted by Crippen LogP contribution is -2.33. The van der Waals surface area contributed by atoms with Crippen LogP contribution in [0.2, 0.25) is 0 Å². The van der Waals surface area contributed by atoms with Gasteiger partial charge in [0.2, 0.25) is 0 Å². The third kappa shape index (κ3) is 5.19. The van der Waals surface area contributed by atoms with Crippen LogP contribution >= 0.6 is 15.9 Å². The molecule has 96 valence electrons. The normalized spacial score (nSPS) is 13.0. The van der Waals surface area contributed by atoms with Crippen molar-refractivity contribution in [2.75, 3.05) is 26.2 Å². The van der Waals surface area contributed by atoms with E-state index in [-0.39, 0.29) is 0 Å². The Balaban J connectivity index is 2.34. The van der Waals surface area contributed by atoms with Gasteiger partial charge in [0, 0.05) is 23.6 Å². The molecule has 0 fully saturated rings. The van der Waals surface area contributed by atoms with Crippen LogP contribution in [0.5, 0.6) is 0 Å². The number of halogens is 1. The smallest absolute Gasteiger partial charge is 0.0292 e. The highest BCUT2D eigenvalue weighted by molar-refractivity contribution is 9.10. The van der Waals surface area contributed by atoms with Crippen molar-refractivity contribution < 1.29 is 0 Å². The molecule has 0 unspecified atom stereocenters. The summed E-state index contributed by atoms with van der Waals surface area (Å²) in [5.41, 5.74) is 1.34. The summed E-state index contributed by atoms with van der Waals surface area (Å²) in [7, 11) is 0. The number of likely N-dealkylation sites (N-methyl/N-ethyl adjacent to an activating group) is 1. The molecule has 1 N–H and O–H groups in total. The predicted octanol–water partition coefficient (Wildman–Crippen LogP) is 3.44. The number of nitrogens with one attached hydrogen (secondary N) is 1. The van der Waals surface area contributed by atoms with E-state index in [2.05, 4.69) is 71.2 Å². The van der Waals surface area contributed by atoms with Crippen LogP contribution in [-0.2, 0) is 0 Å². The number of hydrogen-bond donors (Lipinski definition) is 1. The molecule has 0 spiro atoms. The number of benzene rings is 1. The summed E-state index contributed by atoms with van der Waals surface area (Å²) >= 11 is 3.46. The zero-order chi connectivity index (χ0) is 12.7. The summed E-state index contributed by atoms with van der Waals surface area (Å²) in [4.78, 5) is 2.43. The first kappa shape index (κ1) is 14.7. The van der Waals surface area contributed by atoms with E-state index < -0.39 is 0 Å². The van der Waals surface area contributed by atoms with Crippen molar-refractivity contribution in [1.82, 2.24) is 10.2 Å². The molecule has 3 heteroatoms. The van der Waals surface area contributed by atoms with Gasteiger partial charge in [-0.05, 0) is 37.7 Å². The minimum Gasteiger partial charge on any atom is -0.309 e. The Labute approximate surface area is 114 Å². The van der Waals surface area contributed by atoms with Crippen molar-refractivity contribution in [2.45, 2.75) is 26.8 Å². The van der Waals surface area contributed by atoms with Gasteiger partial charge in [0.15, 0.2) is 0 Å². The molecule has 0 saturated carbocycles. The molecule has 1 aromatic rings. The minimum absolute atomic E-state index is 0.415. The third-order valence-corrected chi connectivity index (χ3v) is 3.67. The Bertz CT molecular complexity index is 307. The van der Waals surface area contributed by atoms with Gasteiger partial charge in [-0.3, -0.25) is 0 Å². The molecule has 17 heavy (non-hydrogen) atoms. The van der Waals surface area contributed by atoms with E-state index in [1.165, 1.54) is 5.56 Å². The Kier molecular flexibility index (Phi) is 6.78. The average molecular weight is 299 g/mol. The summed E-state index contributed by atoms with van der Waals surface area (Å²) in [5, 5.41) is 3.56. The highest BCUT2D eigenvalue weighted by Gasteiger charge is 2.05. The van der Waals surface area contributed by atoms with Crippen LogP contribution in [0, 0.1) is 0 Å². The summed E-state index contributed by atoms with van der Waals surface area (Å²) in [6, 6.07) is 8.94. The monoisotopic (exact) mass is 298 g/mol. The molecule has 0 radical (unpaired) electrons. The molecule has 0 aliphatic rings. The van der Waals surface area contributed by atoms with Crippen LogP contribution < -0.4 is 5.32 Å². The fraction of sp³-hybridized carbons (Fsp3) is 0.571. The lowest BCUT2D eigenvalue weighted by Gasteiger charge is -2.20. The first-order valence-corrected chi connectivity index (χ1v) is 7.17. The molecule has 0 aliphatic carbocycles. The first-order valence-electron chi connectivity index (χ1n) is 6.38. The Morgan fingerprint density at radius 2 is 1.76 bits per heavy atom. The maximum Gasteiger partial charge on any atom is 0.0292 e. The van der Waals surface area contributed by atoms with Crippen LogP contribution in [0.3, 0.4) is 0 Å². The molecule has 2 nitrogen and oxygen atoms in total. The number of nitrogens with zero attached hydrogens (tertiary/aromatic N) is 1.